The molecule has 9 heteroatoms. The highest BCUT2D eigenvalue weighted by Crippen LogP contribution is 2.37. The lowest BCUT2D eigenvalue weighted by molar-refractivity contribution is 0.102. The molecule has 1 aliphatic rings. The SMILES string of the molecule is O=C(Nc1nc2cc3c(cc2s1)OCCO3)c1cnn(Cc2ccccc2Cl)c1. The number of halogens is 1. The molecule has 146 valence electrons. The number of anilines is 1. The molecule has 2 aromatic heterocycles. The fraction of sp³-hybridized carbons (Fsp3) is 0.150. The molecule has 7 nitrogen and oxygen atoms in total. The van der Waals surface area contributed by atoms with Gasteiger partial charge in [-0.15, -0.1) is 0 Å². The second-order valence-electron chi connectivity index (χ2n) is 6.45. The van der Waals surface area contributed by atoms with Crippen LogP contribution < -0.4 is 14.8 Å². The standard InChI is InChI=1S/C20H15ClN4O3S/c21-14-4-2-1-3-12(14)10-25-11-13(9-22-25)19(26)24-20-23-15-7-16-17(8-18(15)29-20)28-6-5-27-16/h1-4,7-9,11H,5-6,10H2,(H,23,24,26). The summed E-state index contributed by atoms with van der Waals surface area (Å²) in [7, 11) is 0. The van der Waals surface area contributed by atoms with Crippen LogP contribution in [0.25, 0.3) is 10.2 Å². The molecule has 0 radical (unpaired) electrons. The maximum absolute atomic E-state index is 12.6. The number of carbonyl (C=O) groups excluding carboxylic acids is 1. The Balaban J connectivity index is 1.33. The van der Waals surface area contributed by atoms with E-state index in [0.717, 1.165) is 15.8 Å². The van der Waals surface area contributed by atoms with Crippen LogP contribution in [-0.2, 0) is 6.54 Å². The third-order valence-corrected chi connectivity index (χ3v) is 5.76. The van der Waals surface area contributed by atoms with Gasteiger partial charge in [-0.3, -0.25) is 14.8 Å². The van der Waals surface area contributed by atoms with Gasteiger partial charge in [0.2, 0.25) is 0 Å². The molecule has 1 N–H and O–H groups in total. The summed E-state index contributed by atoms with van der Waals surface area (Å²) < 4.78 is 13.8. The highest BCUT2D eigenvalue weighted by molar-refractivity contribution is 7.22. The number of fused-ring (bicyclic) bond motifs is 2. The van der Waals surface area contributed by atoms with E-state index in [9.17, 15) is 4.79 Å². The van der Waals surface area contributed by atoms with Crippen molar-refractivity contribution in [2.45, 2.75) is 6.54 Å². The fourth-order valence-electron chi connectivity index (χ4n) is 3.06. The van der Waals surface area contributed by atoms with Crippen molar-refractivity contribution >= 4 is 44.2 Å². The Morgan fingerprint density at radius 2 is 2.00 bits per heavy atom. The number of carbonyl (C=O) groups is 1. The van der Waals surface area contributed by atoms with Gasteiger partial charge in [0.15, 0.2) is 16.6 Å². The maximum atomic E-state index is 12.6. The summed E-state index contributed by atoms with van der Waals surface area (Å²) in [6.07, 6.45) is 3.21. The van der Waals surface area contributed by atoms with Crippen molar-refractivity contribution in [3.63, 3.8) is 0 Å². The van der Waals surface area contributed by atoms with Crippen molar-refractivity contribution in [3.05, 3.63) is 64.9 Å². The number of nitrogens with zero attached hydrogens (tertiary/aromatic N) is 3. The van der Waals surface area contributed by atoms with Crippen LogP contribution >= 0.6 is 22.9 Å². The monoisotopic (exact) mass is 426 g/mol. The number of thiazole rings is 1. The number of ether oxygens (including phenoxy) is 2. The zero-order valence-electron chi connectivity index (χ0n) is 15.1. The van der Waals surface area contributed by atoms with E-state index in [1.165, 1.54) is 17.5 Å². The minimum atomic E-state index is -0.272. The first-order chi connectivity index (χ1) is 14.2. The minimum absolute atomic E-state index is 0.272. The summed E-state index contributed by atoms with van der Waals surface area (Å²) in [4.78, 5) is 17.1. The third-order valence-electron chi connectivity index (χ3n) is 4.46. The van der Waals surface area contributed by atoms with Crippen LogP contribution in [0, 0.1) is 0 Å². The molecule has 3 heterocycles. The zero-order chi connectivity index (χ0) is 19.8. The Morgan fingerprint density at radius 3 is 2.83 bits per heavy atom. The van der Waals surface area contributed by atoms with E-state index in [-0.39, 0.29) is 5.91 Å². The van der Waals surface area contributed by atoms with Gasteiger partial charge in [-0.25, -0.2) is 4.98 Å². The molecule has 0 spiro atoms. The van der Waals surface area contributed by atoms with Gasteiger partial charge in [0.05, 0.1) is 28.5 Å². The van der Waals surface area contributed by atoms with Gasteiger partial charge in [-0.2, -0.15) is 5.10 Å². The summed E-state index contributed by atoms with van der Waals surface area (Å²) in [5.41, 5.74) is 2.13. The number of benzene rings is 2. The van der Waals surface area contributed by atoms with E-state index in [0.29, 0.717) is 47.0 Å². The molecule has 2 aromatic carbocycles. The van der Waals surface area contributed by atoms with Crippen LogP contribution in [0.15, 0.2) is 48.8 Å². The third kappa shape index (κ3) is 3.64. The van der Waals surface area contributed by atoms with E-state index in [1.807, 2.05) is 36.4 Å². The molecular formula is C20H15ClN4O3S. The lowest BCUT2D eigenvalue weighted by Crippen LogP contribution is -2.15. The molecule has 0 aliphatic carbocycles. The van der Waals surface area contributed by atoms with Gasteiger partial charge in [0.25, 0.3) is 5.91 Å². The Hall–Kier alpha value is -3.10. The molecule has 4 aromatic rings. The van der Waals surface area contributed by atoms with Gasteiger partial charge in [0, 0.05) is 23.4 Å². The molecule has 0 saturated carbocycles. The number of aromatic nitrogens is 3. The quantitative estimate of drug-likeness (QED) is 0.528. The van der Waals surface area contributed by atoms with Crippen LogP contribution in [0.2, 0.25) is 5.02 Å². The van der Waals surface area contributed by atoms with E-state index >= 15 is 0 Å². The molecule has 0 bridgehead atoms. The summed E-state index contributed by atoms with van der Waals surface area (Å²) in [5, 5.41) is 8.26. The van der Waals surface area contributed by atoms with Gasteiger partial charge >= 0.3 is 0 Å². The number of amides is 1. The second kappa shape index (κ2) is 7.38. The Morgan fingerprint density at radius 1 is 1.21 bits per heavy atom. The second-order valence-corrected chi connectivity index (χ2v) is 7.89. The van der Waals surface area contributed by atoms with Crippen LogP contribution in [-0.4, -0.2) is 33.9 Å². The smallest absolute Gasteiger partial charge is 0.260 e. The van der Waals surface area contributed by atoms with Crippen LogP contribution in [0.3, 0.4) is 0 Å². The Kier molecular flexibility index (Phi) is 4.57. The highest BCUT2D eigenvalue weighted by atomic mass is 35.5. The van der Waals surface area contributed by atoms with Crippen LogP contribution in [0.5, 0.6) is 11.5 Å². The summed E-state index contributed by atoms with van der Waals surface area (Å²) >= 11 is 7.57. The molecule has 0 saturated heterocycles. The van der Waals surface area contributed by atoms with Crippen molar-refractivity contribution in [2.75, 3.05) is 18.5 Å². The maximum Gasteiger partial charge on any atom is 0.260 e. The van der Waals surface area contributed by atoms with Crippen LogP contribution in [0.1, 0.15) is 15.9 Å². The summed E-state index contributed by atoms with van der Waals surface area (Å²) in [5.74, 6) is 1.10. The van der Waals surface area contributed by atoms with Crippen molar-refractivity contribution in [1.29, 1.82) is 0 Å². The van der Waals surface area contributed by atoms with Gasteiger partial charge in [0.1, 0.15) is 13.2 Å². The van der Waals surface area contributed by atoms with E-state index in [2.05, 4.69) is 15.4 Å². The molecule has 29 heavy (non-hydrogen) atoms. The topological polar surface area (TPSA) is 78.3 Å². The summed E-state index contributed by atoms with van der Waals surface area (Å²) in [6.45, 7) is 1.53. The van der Waals surface area contributed by atoms with Gasteiger partial charge in [-0.1, -0.05) is 41.1 Å². The fourth-order valence-corrected chi connectivity index (χ4v) is 4.12. The molecule has 0 unspecified atom stereocenters. The first-order valence-corrected chi connectivity index (χ1v) is 10.1. The van der Waals surface area contributed by atoms with Crippen molar-refractivity contribution in [3.8, 4) is 11.5 Å². The predicted molar refractivity (Wildman–Crippen MR) is 111 cm³/mol. The van der Waals surface area contributed by atoms with Gasteiger partial charge in [-0.05, 0) is 11.6 Å². The van der Waals surface area contributed by atoms with E-state index in [4.69, 9.17) is 21.1 Å². The molecular weight excluding hydrogens is 412 g/mol. The number of hydrogen-bond donors (Lipinski definition) is 1. The van der Waals surface area contributed by atoms with Crippen LogP contribution in [0.4, 0.5) is 5.13 Å². The van der Waals surface area contributed by atoms with E-state index in [1.54, 1.807) is 10.9 Å². The first-order valence-electron chi connectivity index (χ1n) is 8.93. The number of rotatable bonds is 4. The van der Waals surface area contributed by atoms with Gasteiger partial charge < -0.3 is 9.47 Å². The molecule has 0 fully saturated rings. The lowest BCUT2D eigenvalue weighted by atomic mass is 10.2. The summed E-state index contributed by atoms with van der Waals surface area (Å²) in [6, 6.07) is 11.3. The molecule has 1 amide bonds. The van der Waals surface area contributed by atoms with Crippen molar-refractivity contribution < 1.29 is 14.3 Å². The Labute approximate surface area is 174 Å². The first kappa shape index (κ1) is 18.0. The average Bonchev–Trinajstić information content (AvgIpc) is 3.34. The van der Waals surface area contributed by atoms with Crippen molar-refractivity contribution in [2.24, 2.45) is 0 Å². The highest BCUT2D eigenvalue weighted by Gasteiger charge is 2.17. The molecule has 0 atom stereocenters. The molecule has 1 aliphatic heterocycles. The van der Waals surface area contributed by atoms with E-state index < -0.39 is 0 Å². The normalized spacial score (nSPS) is 12.9. The number of nitrogens with one attached hydrogen (secondary N) is 1. The molecule has 5 rings (SSSR count). The average molecular weight is 427 g/mol. The van der Waals surface area contributed by atoms with Crippen molar-refractivity contribution in [1.82, 2.24) is 14.8 Å². The Bertz CT molecular complexity index is 1180. The largest absolute Gasteiger partial charge is 0.486 e. The zero-order valence-corrected chi connectivity index (χ0v) is 16.7. The predicted octanol–water partition coefficient (Wildman–Crippen LogP) is 4.22. The lowest BCUT2D eigenvalue weighted by Gasteiger charge is -2.17. The minimum Gasteiger partial charge on any atom is -0.486 e. The number of hydrogen-bond acceptors (Lipinski definition) is 6.